The zero-order chi connectivity index (χ0) is 9.84. The standard InChI is InChI=1S/C8H8N2O2S/c9-2-1-6-3-5(4-13-6)7(10)8(11)12/h3-4,7H,1,10H2,(H,11,12). The highest BCUT2D eigenvalue weighted by Gasteiger charge is 2.15. The van der Waals surface area contributed by atoms with Crippen molar-refractivity contribution in [2.75, 3.05) is 0 Å². The van der Waals surface area contributed by atoms with E-state index in [1.165, 1.54) is 11.3 Å². The lowest BCUT2D eigenvalue weighted by molar-refractivity contribution is -0.138. The average Bonchev–Trinajstić information content (AvgIpc) is 2.52. The molecule has 0 aliphatic carbocycles. The summed E-state index contributed by atoms with van der Waals surface area (Å²) in [5.74, 6) is -1.05. The highest BCUT2D eigenvalue weighted by molar-refractivity contribution is 7.10. The zero-order valence-corrected chi connectivity index (χ0v) is 7.54. The first-order valence-electron chi connectivity index (χ1n) is 3.57. The molecule has 0 bridgehead atoms. The maximum absolute atomic E-state index is 10.5. The molecule has 0 aliphatic rings. The molecule has 0 amide bonds. The molecule has 0 radical (unpaired) electrons. The summed E-state index contributed by atoms with van der Waals surface area (Å²) in [6.07, 6.45) is 0.303. The van der Waals surface area contributed by atoms with Gasteiger partial charge < -0.3 is 10.8 Å². The SMILES string of the molecule is N#CCc1cc(C(N)C(=O)O)cs1. The Morgan fingerprint density at radius 1 is 1.85 bits per heavy atom. The number of carbonyl (C=O) groups is 1. The topological polar surface area (TPSA) is 87.1 Å². The Balaban J connectivity index is 2.80. The van der Waals surface area contributed by atoms with Crippen LogP contribution in [-0.4, -0.2) is 11.1 Å². The van der Waals surface area contributed by atoms with Gasteiger partial charge in [0.1, 0.15) is 6.04 Å². The Hall–Kier alpha value is -1.38. The van der Waals surface area contributed by atoms with E-state index in [-0.39, 0.29) is 0 Å². The molecule has 0 saturated carbocycles. The minimum absolute atomic E-state index is 0.303. The van der Waals surface area contributed by atoms with Crippen molar-refractivity contribution < 1.29 is 9.90 Å². The minimum Gasteiger partial charge on any atom is -0.480 e. The van der Waals surface area contributed by atoms with Crippen LogP contribution in [0.15, 0.2) is 11.4 Å². The number of nitrogens with zero attached hydrogens (tertiary/aromatic N) is 1. The molecule has 1 aromatic rings. The quantitative estimate of drug-likeness (QED) is 0.751. The third-order valence-electron chi connectivity index (χ3n) is 1.55. The lowest BCUT2D eigenvalue weighted by Crippen LogP contribution is -2.19. The molecule has 0 fully saturated rings. The van der Waals surface area contributed by atoms with Gasteiger partial charge in [-0.25, -0.2) is 0 Å². The van der Waals surface area contributed by atoms with Crippen molar-refractivity contribution in [2.45, 2.75) is 12.5 Å². The van der Waals surface area contributed by atoms with E-state index in [1.54, 1.807) is 11.4 Å². The van der Waals surface area contributed by atoms with E-state index in [0.29, 0.717) is 12.0 Å². The van der Waals surface area contributed by atoms with E-state index in [9.17, 15) is 4.79 Å². The summed E-state index contributed by atoms with van der Waals surface area (Å²) < 4.78 is 0. The minimum atomic E-state index is -1.05. The first kappa shape index (κ1) is 9.71. The van der Waals surface area contributed by atoms with Gasteiger partial charge in [0, 0.05) is 4.88 Å². The van der Waals surface area contributed by atoms with Gasteiger partial charge in [-0.15, -0.1) is 11.3 Å². The fourth-order valence-corrected chi connectivity index (χ4v) is 1.73. The second-order valence-electron chi connectivity index (χ2n) is 2.50. The predicted molar refractivity (Wildman–Crippen MR) is 48.2 cm³/mol. The van der Waals surface area contributed by atoms with E-state index in [1.807, 2.05) is 6.07 Å². The van der Waals surface area contributed by atoms with Gasteiger partial charge in [0.05, 0.1) is 12.5 Å². The molecular formula is C8H8N2O2S. The Morgan fingerprint density at radius 3 is 3.08 bits per heavy atom. The molecule has 1 aromatic heterocycles. The lowest BCUT2D eigenvalue weighted by atomic mass is 10.1. The van der Waals surface area contributed by atoms with Crippen LogP contribution in [0.2, 0.25) is 0 Å². The third kappa shape index (κ3) is 2.28. The van der Waals surface area contributed by atoms with Crippen LogP contribution >= 0.6 is 11.3 Å². The van der Waals surface area contributed by atoms with Crippen LogP contribution in [0.5, 0.6) is 0 Å². The van der Waals surface area contributed by atoms with E-state index in [2.05, 4.69) is 0 Å². The first-order chi connectivity index (χ1) is 6.15. The Kier molecular flexibility index (Phi) is 3.01. The smallest absolute Gasteiger partial charge is 0.325 e. The number of aliphatic carboxylic acids is 1. The zero-order valence-electron chi connectivity index (χ0n) is 6.73. The highest BCUT2D eigenvalue weighted by Crippen LogP contribution is 2.19. The summed E-state index contributed by atoms with van der Waals surface area (Å²) in [7, 11) is 0. The number of nitrogens with two attached hydrogens (primary N) is 1. The van der Waals surface area contributed by atoms with Crippen LogP contribution in [0.1, 0.15) is 16.5 Å². The number of carboxylic acid groups (broad SMARTS) is 1. The van der Waals surface area contributed by atoms with Crippen molar-refractivity contribution in [3.63, 3.8) is 0 Å². The summed E-state index contributed by atoms with van der Waals surface area (Å²) in [6.45, 7) is 0. The molecule has 4 nitrogen and oxygen atoms in total. The molecule has 1 unspecified atom stereocenters. The van der Waals surface area contributed by atoms with Gasteiger partial charge in [0.2, 0.25) is 0 Å². The van der Waals surface area contributed by atoms with Crippen LogP contribution < -0.4 is 5.73 Å². The Morgan fingerprint density at radius 2 is 2.54 bits per heavy atom. The van der Waals surface area contributed by atoms with Gasteiger partial charge >= 0.3 is 5.97 Å². The van der Waals surface area contributed by atoms with Crippen molar-refractivity contribution in [3.05, 3.63) is 21.9 Å². The van der Waals surface area contributed by atoms with Gasteiger partial charge in [-0.3, -0.25) is 4.79 Å². The normalized spacial score (nSPS) is 12.0. The monoisotopic (exact) mass is 196 g/mol. The molecule has 0 aliphatic heterocycles. The van der Waals surface area contributed by atoms with E-state index >= 15 is 0 Å². The number of carboxylic acids is 1. The summed E-state index contributed by atoms with van der Waals surface area (Å²) in [6, 6.07) is 2.66. The molecule has 5 heteroatoms. The van der Waals surface area contributed by atoms with Crippen molar-refractivity contribution in [3.8, 4) is 6.07 Å². The van der Waals surface area contributed by atoms with Crippen LogP contribution in [0.3, 0.4) is 0 Å². The van der Waals surface area contributed by atoms with Crippen LogP contribution in [0.25, 0.3) is 0 Å². The van der Waals surface area contributed by atoms with Crippen molar-refractivity contribution >= 4 is 17.3 Å². The van der Waals surface area contributed by atoms with Gasteiger partial charge in [-0.05, 0) is 17.0 Å². The Labute approximate surface area is 79.2 Å². The van der Waals surface area contributed by atoms with E-state index in [0.717, 1.165) is 4.88 Å². The summed E-state index contributed by atoms with van der Waals surface area (Å²) in [5.41, 5.74) is 5.93. The van der Waals surface area contributed by atoms with Crippen LogP contribution in [0.4, 0.5) is 0 Å². The molecule has 3 N–H and O–H groups in total. The van der Waals surface area contributed by atoms with Crippen LogP contribution in [-0.2, 0) is 11.2 Å². The van der Waals surface area contributed by atoms with Crippen LogP contribution in [0, 0.1) is 11.3 Å². The maximum atomic E-state index is 10.5. The second kappa shape index (κ2) is 4.03. The van der Waals surface area contributed by atoms with Gasteiger partial charge in [-0.2, -0.15) is 5.26 Å². The van der Waals surface area contributed by atoms with E-state index in [4.69, 9.17) is 16.1 Å². The van der Waals surface area contributed by atoms with Gasteiger partial charge in [0.15, 0.2) is 0 Å². The molecule has 68 valence electrons. The second-order valence-corrected chi connectivity index (χ2v) is 3.49. The van der Waals surface area contributed by atoms with Gasteiger partial charge in [-0.1, -0.05) is 0 Å². The molecule has 1 atom stereocenters. The lowest BCUT2D eigenvalue weighted by Gasteiger charge is -2.01. The molecule has 0 spiro atoms. The number of hydrogen-bond acceptors (Lipinski definition) is 4. The molecule has 1 heterocycles. The molecule has 1 rings (SSSR count). The maximum Gasteiger partial charge on any atom is 0.325 e. The summed E-state index contributed by atoms with van der Waals surface area (Å²) in [4.78, 5) is 11.3. The third-order valence-corrected chi connectivity index (χ3v) is 2.51. The average molecular weight is 196 g/mol. The molecular weight excluding hydrogens is 188 g/mol. The predicted octanol–water partition coefficient (Wildman–Crippen LogP) is 0.899. The fraction of sp³-hybridized carbons (Fsp3) is 0.250. The summed E-state index contributed by atoms with van der Waals surface area (Å²) >= 11 is 1.35. The van der Waals surface area contributed by atoms with Gasteiger partial charge in [0.25, 0.3) is 0 Å². The molecule has 0 aromatic carbocycles. The largest absolute Gasteiger partial charge is 0.480 e. The number of thiophene rings is 1. The Bertz CT molecular complexity index is 353. The summed E-state index contributed by atoms with van der Waals surface area (Å²) in [5, 5.41) is 18.6. The first-order valence-corrected chi connectivity index (χ1v) is 4.45. The fourth-order valence-electron chi connectivity index (χ4n) is 0.874. The number of nitriles is 1. The van der Waals surface area contributed by atoms with E-state index < -0.39 is 12.0 Å². The van der Waals surface area contributed by atoms with Crippen molar-refractivity contribution in [1.29, 1.82) is 5.26 Å². The molecule has 0 saturated heterocycles. The van der Waals surface area contributed by atoms with Crippen molar-refractivity contribution in [2.24, 2.45) is 5.73 Å². The molecule has 13 heavy (non-hydrogen) atoms. The highest BCUT2D eigenvalue weighted by atomic mass is 32.1. The number of rotatable bonds is 3. The number of hydrogen-bond donors (Lipinski definition) is 2. The van der Waals surface area contributed by atoms with Crippen molar-refractivity contribution in [1.82, 2.24) is 0 Å².